The normalized spacial score (nSPS) is 10.2. The maximum Gasteiger partial charge on any atom is 0.253 e. The molecule has 0 aliphatic rings. The van der Waals surface area contributed by atoms with E-state index in [1.807, 2.05) is 54.6 Å². The number of ether oxygens (including phenoxy) is 1. The van der Waals surface area contributed by atoms with Crippen LogP contribution in [0, 0.1) is 0 Å². The van der Waals surface area contributed by atoms with Crippen molar-refractivity contribution in [1.82, 2.24) is 5.32 Å². The number of hydrogen-bond acceptors (Lipinski definition) is 3. The highest BCUT2D eigenvalue weighted by Crippen LogP contribution is 2.20. The Bertz CT molecular complexity index is 955. The second-order valence-electron chi connectivity index (χ2n) is 6.25. The molecule has 28 heavy (non-hydrogen) atoms. The third-order valence-corrected chi connectivity index (χ3v) is 4.29. The van der Waals surface area contributed by atoms with Gasteiger partial charge in [0.1, 0.15) is 5.75 Å². The van der Waals surface area contributed by atoms with E-state index >= 15 is 0 Å². The summed E-state index contributed by atoms with van der Waals surface area (Å²) in [7, 11) is 1.57. The Hall–Kier alpha value is -3.60. The zero-order valence-corrected chi connectivity index (χ0v) is 15.6. The van der Waals surface area contributed by atoms with Crippen LogP contribution in [-0.4, -0.2) is 18.9 Å². The van der Waals surface area contributed by atoms with Crippen molar-refractivity contribution in [2.45, 2.75) is 13.0 Å². The summed E-state index contributed by atoms with van der Waals surface area (Å²) in [5.74, 6) is 0.205. The first-order chi connectivity index (χ1) is 13.7. The highest BCUT2D eigenvalue weighted by atomic mass is 16.5. The molecule has 0 spiro atoms. The minimum Gasteiger partial charge on any atom is -0.496 e. The van der Waals surface area contributed by atoms with Gasteiger partial charge in [-0.25, -0.2) is 0 Å². The summed E-state index contributed by atoms with van der Waals surface area (Å²) in [6, 6.07) is 24.0. The minimum absolute atomic E-state index is 0.157. The van der Waals surface area contributed by atoms with Gasteiger partial charge in [0.05, 0.1) is 24.8 Å². The van der Waals surface area contributed by atoms with E-state index in [1.165, 1.54) is 0 Å². The molecule has 0 saturated carbocycles. The van der Waals surface area contributed by atoms with E-state index in [1.54, 1.807) is 31.4 Å². The second kappa shape index (κ2) is 9.37. The van der Waals surface area contributed by atoms with Gasteiger partial charge in [-0.3, -0.25) is 9.59 Å². The lowest BCUT2D eigenvalue weighted by atomic mass is 10.1. The topological polar surface area (TPSA) is 67.4 Å². The number of carbonyl (C=O) groups is 2. The van der Waals surface area contributed by atoms with Crippen LogP contribution in [0.3, 0.4) is 0 Å². The molecule has 3 aromatic carbocycles. The maximum atomic E-state index is 12.6. The van der Waals surface area contributed by atoms with Gasteiger partial charge >= 0.3 is 0 Å². The zero-order valence-electron chi connectivity index (χ0n) is 15.6. The van der Waals surface area contributed by atoms with Crippen LogP contribution >= 0.6 is 0 Å². The molecule has 2 N–H and O–H groups in total. The Labute approximate surface area is 164 Å². The molecule has 2 amide bonds. The molecule has 0 saturated heterocycles. The number of hydrogen-bond donors (Lipinski definition) is 2. The second-order valence-corrected chi connectivity index (χ2v) is 6.25. The van der Waals surface area contributed by atoms with Crippen LogP contribution in [0.4, 0.5) is 5.69 Å². The van der Waals surface area contributed by atoms with Gasteiger partial charge < -0.3 is 15.4 Å². The SMILES string of the molecule is COc1ccccc1CC(=O)Nc1ccccc1C(=O)NCc1ccccc1. The first-order valence-electron chi connectivity index (χ1n) is 9.00. The number of nitrogens with one attached hydrogen (secondary N) is 2. The first kappa shape index (κ1) is 19.2. The number of carbonyl (C=O) groups excluding carboxylic acids is 2. The molecule has 0 radical (unpaired) electrons. The monoisotopic (exact) mass is 374 g/mol. The van der Waals surface area contributed by atoms with Gasteiger partial charge in [-0.1, -0.05) is 60.7 Å². The Balaban J connectivity index is 1.67. The number of methoxy groups -OCH3 is 1. The van der Waals surface area contributed by atoms with E-state index in [2.05, 4.69) is 10.6 Å². The van der Waals surface area contributed by atoms with Gasteiger partial charge in [-0.05, 0) is 23.8 Å². The molecule has 0 fully saturated rings. The van der Waals surface area contributed by atoms with Crippen LogP contribution in [0.15, 0.2) is 78.9 Å². The summed E-state index contributed by atoms with van der Waals surface area (Å²) in [6.45, 7) is 0.420. The van der Waals surface area contributed by atoms with Gasteiger partial charge in [0.2, 0.25) is 5.91 Å². The summed E-state index contributed by atoms with van der Waals surface area (Å²) in [4.78, 5) is 25.1. The van der Waals surface area contributed by atoms with Crippen molar-refractivity contribution in [3.05, 3.63) is 95.6 Å². The van der Waals surface area contributed by atoms with Crippen molar-refractivity contribution >= 4 is 17.5 Å². The molecule has 0 atom stereocenters. The standard InChI is InChI=1S/C23H22N2O3/c1-28-21-14-8-5-11-18(21)15-22(26)25-20-13-7-6-12-19(20)23(27)24-16-17-9-3-2-4-10-17/h2-14H,15-16H2,1H3,(H,24,27)(H,25,26). The fourth-order valence-corrected chi connectivity index (χ4v) is 2.88. The van der Waals surface area contributed by atoms with E-state index in [4.69, 9.17) is 4.74 Å². The molecule has 0 aliphatic heterocycles. The highest BCUT2D eigenvalue weighted by Gasteiger charge is 2.14. The average Bonchev–Trinajstić information content (AvgIpc) is 2.73. The fourth-order valence-electron chi connectivity index (χ4n) is 2.88. The lowest BCUT2D eigenvalue weighted by Gasteiger charge is -2.12. The van der Waals surface area contributed by atoms with Crippen LogP contribution in [0.25, 0.3) is 0 Å². The summed E-state index contributed by atoms with van der Waals surface area (Å²) in [5, 5.41) is 5.72. The molecule has 0 bridgehead atoms. The van der Waals surface area contributed by atoms with Crippen molar-refractivity contribution in [3.63, 3.8) is 0 Å². The minimum atomic E-state index is -0.239. The van der Waals surface area contributed by atoms with Crippen molar-refractivity contribution in [2.24, 2.45) is 0 Å². The summed E-state index contributed by atoms with van der Waals surface area (Å²) < 4.78 is 5.29. The number of rotatable bonds is 7. The van der Waals surface area contributed by atoms with Crippen LogP contribution in [-0.2, 0) is 17.8 Å². The van der Waals surface area contributed by atoms with Crippen LogP contribution in [0.2, 0.25) is 0 Å². The molecule has 5 nitrogen and oxygen atoms in total. The Morgan fingerprint density at radius 2 is 1.54 bits per heavy atom. The predicted molar refractivity (Wildman–Crippen MR) is 109 cm³/mol. The summed E-state index contributed by atoms with van der Waals surface area (Å²) in [5.41, 5.74) is 2.70. The predicted octanol–water partition coefficient (Wildman–Crippen LogP) is 3.81. The average molecular weight is 374 g/mol. The molecule has 142 valence electrons. The van der Waals surface area contributed by atoms with Gasteiger partial charge in [0.15, 0.2) is 0 Å². The quantitative estimate of drug-likeness (QED) is 0.661. The molecule has 0 aliphatic carbocycles. The molecule has 3 rings (SSSR count). The smallest absolute Gasteiger partial charge is 0.253 e. The van der Waals surface area contributed by atoms with Gasteiger partial charge in [0.25, 0.3) is 5.91 Å². The molecule has 0 unspecified atom stereocenters. The third kappa shape index (κ3) is 4.98. The molecule has 3 aromatic rings. The van der Waals surface area contributed by atoms with Crippen LogP contribution in [0.1, 0.15) is 21.5 Å². The van der Waals surface area contributed by atoms with E-state index in [-0.39, 0.29) is 18.2 Å². The molecule has 5 heteroatoms. The first-order valence-corrected chi connectivity index (χ1v) is 9.00. The lowest BCUT2D eigenvalue weighted by molar-refractivity contribution is -0.115. The van der Waals surface area contributed by atoms with Gasteiger partial charge in [-0.15, -0.1) is 0 Å². The Kier molecular flexibility index (Phi) is 6.41. The number of anilines is 1. The van der Waals surface area contributed by atoms with Crippen LogP contribution in [0.5, 0.6) is 5.75 Å². The zero-order chi connectivity index (χ0) is 19.8. The van der Waals surface area contributed by atoms with Crippen LogP contribution < -0.4 is 15.4 Å². The number of benzene rings is 3. The lowest BCUT2D eigenvalue weighted by Crippen LogP contribution is -2.25. The third-order valence-electron chi connectivity index (χ3n) is 4.29. The van der Waals surface area contributed by atoms with Gasteiger partial charge in [0, 0.05) is 12.1 Å². The van der Waals surface area contributed by atoms with E-state index in [9.17, 15) is 9.59 Å². The Morgan fingerprint density at radius 3 is 2.32 bits per heavy atom. The largest absolute Gasteiger partial charge is 0.496 e. The van der Waals surface area contributed by atoms with Crippen molar-refractivity contribution < 1.29 is 14.3 Å². The van der Waals surface area contributed by atoms with Gasteiger partial charge in [-0.2, -0.15) is 0 Å². The number of para-hydroxylation sites is 2. The molecule has 0 aromatic heterocycles. The molecule has 0 heterocycles. The summed E-state index contributed by atoms with van der Waals surface area (Å²) >= 11 is 0. The van der Waals surface area contributed by atoms with E-state index in [0.29, 0.717) is 23.5 Å². The fraction of sp³-hybridized carbons (Fsp3) is 0.130. The Morgan fingerprint density at radius 1 is 0.857 bits per heavy atom. The van der Waals surface area contributed by atoms with E-state index < -0.39 is 0 Å². The molecular weight excluding hydrogens is 352 g/mol. The van der Waals surface area contributed by atoms with Crippen molar-refractivity contribution in [3.8, 4) is 5.75 Å². The highest BCUT2D eigenvalue weighted by molar-refractivity contribution is 6.04. The van der Waals surface area contributed by atoms with E-state index in [0.717, 1.165) is 11.1 Å². The maximum absolute atomic E-state index is 12.6. The molecular formula is C23H22N2O3. The summed E-state index contributed by atoms with van der Waals surface area (Å²) in [6.07, 6.45) is 0.157. The van der Waals surface area contributed by atoms with Crippen molar-refractivity contribution in [2.75, 3.05) is 12.4 Å². The number of amides is 2. The van der Waals surface area contributed by atoms with Crippen molar-refractivity contribution in [1.29, 1.82) is 0 Å².